The number of esters is 1. The second-order valence-electron chi connectivity index (χ2n) is 3.37. The molecule has 0 rings (SSSR count). The Morgan fingerprint density at radius 3 is 2.25 bits per heavy atom. The molecule has 0 aliphatic carbocycles. The fourth-order valence-corrected chi connectivity index (χ4v) is 0.919. The van der Waals surface area contributed by atoms with Crippen molar-refractivity contribution in [3.05, 3.63) is 24.3 Å². The summed E-state index contributed by atoms with van der Waals surface area (Å²) in [5, 5.41) is 9.30. The maximum atomic E-state index is 12.5. The molecule has 0 radical (unpaired) electrons. The van der Waals surface area contributed by atoms with E-state index in [9.17, 15) is 23.1 Å². The van der Waals surface area contributed by atoms with Gasteiger partial charge in [-0.3, -0.25) is 0 Å². The Labute approximate surface area is 91.2 Å². The smallest absolute Gasteiger partial charge is 0.431 e. The van der Waals surface area contributed by atoms with Gasteiger partial charge in [-0.2, -0.15) is 13.2 Å². The van der Waals surface area contributed by atoms with Crippen molar-refractivity contribution in [2.24, 2.45) is 0 Å². The van der Waals surface area contributed by atoms with Crippen molar-refractivity contribution in [1.82, 2.24) is 0 Å². The van der Waals surface area contributed by atoms with Gasteiger partial charge < -0.3 is 9.84 Å². The Morgan fingerprint density at radius 2 is 1.94 bits per heavy atom. The van der Waals surface area contributed by atoms with Crippen LogP contribution in [0.4, 0.5) is 13.2 Å². The zero-order valence-corrected chi connectivity index (χ0v) is 8.97. The quantitative estimate of drug-likeness (QED) is 0.601. The first-order chi connectivity index (χ1) is 7.15. The standard InChI is InChI=1S/C10H13F3O3/c1-4-5-16-8(14)9(15,6-7(2)3)10(11,12)13/h4,6,15H,1,5H2,2-3H3. The van der Waals surface area contributed by atoms with E-state index in [1.165, 1.54) is 13.8 Å². The van der Waals surface area contributed by atoms with Gasteiger partial charge in [-0.25, -0.2) is 4.79 Å². The molecule has 0 saturated heterocycles. The molecule has 0 aromatic carbocycles. The summed E-state index contributed by atoms with van der Waals surface area (Å²) in [4.78, 5) is 11.1. The molecule has 0 saturated carbocycles. The van der Waals surface area contributed by atoms with Crippen LogP contribution >= 0.6 is 0 Å². The summed E-state index contributed by atoms with van der Waals surface area (Å²) in [6, 6.07) is 0. The van der Waals surface area contributed by atoms with Crippen LogP contribution in [0.25, 0.3) is 0 Å². The number of rotatable bonds is 4. The van der Waals surface area contributed by atoms with Crippen LogP contribution in [-0.4, -0.2) is 29.5 Å². The average Bonchev–Trinajstić information content (AvgIpc) is 2.10. The van der Waals surface area contributed by atoms with Crippen LogP contribution < -0.4 is 0 Å². The summed E-state index contributed by atoms with van der Waals surface area (Å²) in [6.45, 7) is 5.45. The van der Waals surface area contributed by atoms with Crippen molar-refractivity contribution >= 4 is 5.97 Å². The maximum absolute atomic E-state index is 12.5. The van der Waals surface area contributed by atoms with Gasteiger partial charge in [-0.05, 0) is 19.9 Å². The second-order valence-corrected chi connectivity index (χ2v) is 3.37. The van der Waals surface area contributed by atoms with E-state index in [0.29, 0.717) is 6.08 Å². The zero-order valence-electron chi connectivity index (χ0n) is 8.97. The molecular weight excluding hydrogens is 225 g/mol. The van der Waals surface area contributed by atoms with Gasteiger partial charge in [0.1, 0.15) is 6.61 Å². The van der Waals surface area contributed by atoms with E-state index in [1.54, 1.807) is 0 Å². The number of carbonyl (C=O) groups is 1. The molecule has 16 heavy (non-hydrogen) atoms. The van der Waals surface area contributed by atoms with Crippen LogP contribution in [-0.2, 0) is 9.53 Å². The highest BCUT2D eigenvalue weighted by atomic mass is 19.4. The number of halogens is 3. The van der Waals surface area contributed by atoms with Gasteiger partial charge in [0.25, 0.3) is 5.60 Å². The fraction of sp³-hybridized carbons (Fsp3) is 0.500. The third kappa shape index (κ3) is 3.37. The molecule has 1 atom stereocenters. The van der Waals surface area contributed by atoms with Crippen LogP contribution in [0.1, 0.15) is 13.8 Å². The number of hydrogen-bond donors (Lipinski definition) is 1. The molecule has 0 amide bonds. The molecule has 0 aromatic rings. The Bertz CT molecular complexity index is 303. The van der Waals surface area contributed by atoms with Crippen molar-refractivity contribution in [2.75, 3.05) is 6.61 Å². The molecule has 0 bridgehead atoms. The van der Waals surface area contributed by atoms with E-state index in [2.05, 4.69) is 11.3 Å². The van der Waals surface area contributed by atoms with Gasteiger partial charge in [0.15, 0.2) is 0 Å². The molecule has 0 fully saturated rings. The minimum Gasteiger partial charge on any atom is -0.459 e. The Hall–Kier alpha value is -1.30. The lowest BCUT2D eigenvalue weighted by Gasteiger charge is -2.25. The molecule has 1 unspecified atom stereocenters. The van der Waals surface area contributed by atoms with E-state index in [0.717, 1.165) is 6.08 Å². The molecule has 0 aromatic heterocycles. The number of aliphatic hydroxyl groups is 1. The normalized spacial score (nSPS) is 14.9. The topological polar surface area (TPSA) is 46.5 Å². The van der Waals surface area contributed by atoms with Crippen molar-refractivity contribution in [2.45, 2.75) is 25.6 Å². The SMILES string of the molecule is C=CCOC(=O)C(O)(C=C(C)C)C(F)(F)F. The Kier molecular flexibility index (Phi) is 4.74. The molecule has 3 nitrogen and oxygen atoms in total. The highest BCUT2D eigenvalue weighted by molar-refractivity contribution is 5.83. The minimum absolute atomic E-state index is 0.148. The van der Waals surface area contributed by atoms with Gasteiger partial charge >= 0.3 is 12.1 Å². The average molecular weight is 238 g/mol. The lowest BCUT2D eigenvalue weighted by molar-refractivity contribution is -0.245. The fourth-order valence-electron chi connectivity index (χ4n) is 0.919. The van der Waals surface area contributed by atoms with E-state index in [4.69, 9.17) is 0 Å². The van der Waals surface area contributed by atoms with Crippen LogP contribution in [0.5, 0.6) is 0 Å². The monoisotopic (exact) mass is 238 g/mol. The Morgan fingerprint density at radius 1 is 1.44 bits per heavy atom. The molecular formula is C10H13F3O3. The molecule has 6 heteroatoms. The van der Waals surface area contributed by atoms with E-state index in [1.807, 2.05) is 0 Å². The zero-order chi connectivity index (χ0) is 13.0. The van der Waals surface area contributed by atoms with Crippen LogP contribution in [0, 0.1) is 0 Å². The molecule has 1 N–H and O–H groups in total. The first-order valence-corrected chi connectivity index (χ1v) is 4.38. The number of hydrogen-bond acceptors (Lipinski definition) is 3. The summed E-state index contributed by atoms with van der Waals surface area (Å²) < 4.78 is 41.8. The van der Waals surface area contributed by atoms with Gasteiger partial charge in [0.05, 0.1) is 0 Å². The summed E-state index contributed by atoms with van der Waals surface area (Å²) in [7, 11) is 0. The molecule has 0 spiro atoms. The number of carbonyl (C=O) groups excluding carboxylic acids is 1. The molecule has 0 heterocycles. The van der Waals surface area contributed by atoms with Gasteiger partial charge in [0, 0.05) is 0 Å². The first-order valence-electron chi connectivity index (χ1n) is 4.38. The lowest BCUT2D eigenvalue weighted by atomic mass is 10.0. The second kappa shape index (κ2) is 5.16. The largest absolute Gasteiger partial charge is 0.459 e. The number of alkyl halides is 3. The van der Waals surface area contributed by atoms with Crippen molar-refractivity contribution in [3.63, 3.8) is 0 Å². The molecule has 92 valence electrons. The van der Waals surface area contributed by atoms with Crippen LogP contribution in [0.2, 0.25) is 0 Å². The predicted molar refractivity (Wildman–Crippen MR) is 51.6 cm³/mol. The first kappa shape index (κ1) is 14.7. The summed E-state index contributed by atoms with van der Waals surface area (Å²) >= 11 is 0. The summed E-state index contributed by atoms with van der Waals surface area (Å²) in [5.74, 6) is -1.76. The van der Waals surface area contributed by atoms with Crippen molar-refractivity contribution in [1.29, 1.82) is 0 Å². The molecule has 0 aliphatic heterocycles. The summed E-state index contributed by atoms with van der Waals surface area (Å²) in [6.07, 6.45) is -3.60. The van der Waals surface area contributed by atoms with Gasteiger partial charge in [0.2, 0.25) is 0 Å². The van der Waals surface area contributed by atoms with E-state index >= 15 is 0 Å². The van der Waals surface area contributed by atoms with Crippen LogP contribution in [0.3, 0.4) is 0 Å². The van der Waals surface area contributed by atoms with Gasteiger partial charge in [-0.1, -0.05) is 18.2 Å². The van der Waals surface area contributed by atoms with Crippen LogP contribution in [0.15, 0.2) is 24.3 Å². The maximum Gasteiger partial charge on any atom is 0.431 e. The van der Waals surface area contributed by atoms with E-state index < -0.39 is 24.4 Å². The van der Waals surface area contributed by atoms with Crippen molar-refractivity contribution < 1.29 is 27.8 Å². The highest BCUT2D eigenvalue weighted by Crippen LogP contribution is 2.33. The highest BCUT2D eigenvalue weighted by Gasteiger charge is 2.59. The third-order valence-corrected chi connectivity index (χ3v) is 1.57. The number of ether oxygens (including phenoxy) is 1. The number of allylic oxidation sites excluding steroid dienone is 1. The third-order valence-electron chi connectivity index (χ3n) is 1.57. The minimum atomic E-state index is -5.12. The summed E-state index contributed by atoms with van der Waals surface area (Å²) in [5.41, 5.74) is -3.45. The lowest BCUT2D eigenvalue weighted by Crippen LogP contribution is -2.51. The van der Waals surface area contributed by atoms with Gasteiger partial charge in [-0.15, -0.1) is 0 Å². The van der Waals surface area contributed by atoms with E-state index in [-0.39, 0.29) is 5.57 Å². The van der Waals surface area contributed by atoms with Crippen molar-refractivity contribution in [3.8, 4) is 0 Å². The predicted octanol–water partition coefficient (Wildman–Crippen LogP) is 1.98. The molecule has 0 aliphatic rings. The Balaban J connectivity index is 5.17.